The molecule has 146 valence electrons. The van der Waals surface area contributed by atoms with Gasteiger partial charge in [-0.25, -0.2) is 4.98 Å². The highest BCUT2D eigenvalue weighted by atomic mass is 35.5. The van der Waals surface area contributed by atoms with Gasteiger partial charge in [0.1, 0.15) is 0 Å². The summed E-state index contributed by atoms with van der Waals surface area (Å²) in [5, 5.41) is 5.19. The topological polar surface area (TPSA) is 54.3 Å². The number of amides is 1. The SMILES string of the molecule is CCn1nc(C(=O)N(CCN(C)C)c2nc3c(C)cccc3s2)cc1C.Cl. The van der Waals surface area contributed by atoms with E-state index in [9.17, 15) is 4.79 Å². The quantitative estimate of drug-likeness (QED) is 0.624. The van der Waals surface area contributed by atoms with E-state index in [2.05, 4.69) is 10.00 Å². The van der Waals surface area contributed by atoms with Crippen LogP contribution in [0.5, 0.6) is 0 Å². The lowest BCUT2D eigenvalue weighted by molar-refractivity contribution is 0.0979. The first-order valence-corrected chi connectivity index (χ1v) is 9.59. The summed E-state index contributed by atoms with van der Waals surface area (Å²) in [6.07, 6.45) is 0. The van der Waals surface area contributed by atoms with Crippen molar-refractivity contribution in [2.24, 2.45) is 0 Å². The fraction of sp³-hybridized carbons (Fsp3) is 0.421. The Balaban J connectivity index is 0.00000261. The van der Waals surface area contributed by atoms with Crippen LogP contribution in [-0.2, 0) is 6.54 Å². The van der Waals surface area contributed by atoms with Crippen LogP contribution in [-0.4, -0.2) is 52.8 Å². The Morgan fingerprint density at radius 2 is 1.96 bits per heavy atom. The summed E-state index contributed by atoms with van der Waals surface area (Å²) in [4.78, 5) is 21.8. The molecule has 0 aliphatic rings. The molecule has 0 saturated carbocycles. The average Bonchev–Trinajstić information content (AvgIpc) is 3.19. The normalized spacial score (nSPS) is 11.0. The van der Waals surface area contributed by atoms with Gasteiger partial charge in [0.25, 0.3) is 5.91 Å². The molecule has 2 heterocycles. The first kappa shape index (κ1) is 21.3. The molecule has 6 nitrogen and oxygen atoms in total. The van der Waals surface area contributed by atoms with Gasteiger partial charge in [-0.1, -0.05) is 23.5 Å². The molecular weight excluding hydrogens is 382 g/mol. The molecule has 0 N–H and O–H groups in total. The first-order valence-electron chi connectivity index (χ1n) is 8.78. The Morgan fingerprint density at radius 3 is 2.56 bits per heavy atom. The number of anilines is 1. The number of para-hydroxylation sites is 1. The lowest BCUT2D eigenvalue weighted by atomic mass is 10.2. The maximum atomic E-state index is 13.2. The van der Waals surface area contributed by atoms with Gasteiger partial charge in [-0.2, -0.15) is 5.10 Å². The number of thiazole rings is 1. The third-order valence-electron chi connectivity index (χ3n) is 4.36. The minimum absolute atomic E-state index is 0. The van der Waals surface area contributed by atoms with E-state index < -0.39 is 0 Å². The molecule has 0 unspecified atom stereocenters. The molecule has 2 aromatic heterocycles. The minimum Gasteiger partial charge on any atom is -0.308 e. The molecule has 0 radical (unpaired) electrons. The van der Waals surface area contributed by atoms with Crippen molar-refractivity contribution in [1.29, 1.82) is 0 Å². The number of rotatable bonds is 6. The second-order valence-corrected chi connectivity index (χ2v) is 7.67. The van der Waals surface area contributed by atoms with E-state index in [4.69, 9.17) is 4.98 Å². The van der Waals surface area contributed by atoms with E-state index in [1.54, 1.807) is 16.2 Å². The molecule has 0 spiro atoms. The Labute approximate surface area is 170 Å². The van der Waals surface area contributed by atoms with E-state index >= 15 is 0 Å². The van der Waals surface area contributed by atoms with Gasteiger partial charge in [0.15, 0.2) is 10.8 Å². The van der Waals surface area contributed by atoms with Crippen molar-refractivity contribution in [3.63, 3.8) is 0 Å². The fourth-order valence-electron chi connectivity index (χ4n) is 2.85. The highest BCUT2D eigenvalue weighted by Crippen LogP contribution is 2.31. The number of aryl methyl sites for hydroxylation is 3. The molecule has 0 fully saturated rings. The number of likely N-dealkylation sites (N-methyl/N-ethyl adjacent to an activating group) is 1. The van der Waals surface area contributed by atoms with E-state index in [1.807, 2.05) is 63.8 Å². The Hall–Kier alpha value is -1.96. The molecule has 0 aliphatic heterocycles. The van der Waals surface area contributed by atoms with Crippen molar-refractivity contribution in [3.8, 4) is 0 Å². The number of benzene rings is 1. The maximum absolute atomic E-state index is 13.2. The zero-order valence-corrected chi connectivity index (χ0v) is 18.0. The number of hydrogen-bond donors (Lipinski definition) is 0. The van der Waals surface area contributed by atoms with Gasteiger partial charge in [-0.05, 0) is 52.6 Å². The number of carbonyl (C=O) groups is 1. The largest absolute Gasteiger partial charge is 0.308 e. The molecule has 0 atom stereocenters. The van der Waals surface area contributed by atoms with E-state index in [1.165, 1.54) is 0 Å². The number of aromatic nitrogens is 3. The van der Waals surface area contributed by atoms with Crippen molar-refractivity contribution in [2.45, 2.75) is 27.3 Å². The van der Waals surface area contributed by atoms with Gasteiger partial charge in [-0.3, -0.25) is 14.4 Å². The number of fused-ring (bicyclic) bond motifs is 1. The number of halogens is 1. The van der Waals surface area contributed by atoms with Gasteiger partial charge in [0, 0.05) is 25.3 Å². The molecule has 0 bridgehead atoms. The van der Waals surface area contributed by atoms with Crippen LogP contribution >= 0.6 is 23.7 Å². The van der Waals surface area contributed by atoms with Crippen molar-refractivity contribution < 1.29 is 4.79 Å². The predicted octanol–water partition coefficient (Wildman–Crippen LogP) is 3.76. The van der Waals surface area contributed by atoms with Crippen LogP contribution in [0.2, 0.25) is 0 Å². The summed E-state index contributed by atoms with van der Waals surface area (Å²) in [6, 6.07) is 7.98. The summed E-state index contributed by atoms with van der Waals surface area (Å²) < 4.78 is 2.94. The van der Waals surface area contributed by atoms with Crippen LogP contribution in [0, 0.1) is 13.8 Å². The van der Waals surface area contributed by atoms with Crippen LogP contribution in [0.4, 0.5) is 5.13 Å². The Kier molecular flexibility index (Phi) is 6.97. The zero-order valence-electron chi connectivity index (χ0n) is 16.4. The molecule has 1 aromatic carbocycles. The Bertz CT molecular complexity index is 933. The lowest BCUT2D eigenvalue weighted by Crippen LogP contribution is -2.37. The number of nitrogens with zero attached hydrogens (tertiary/aromatic N) is 5. The van der Waals surface area contributed by atoms with Crippen LogP contribution in [0.1, 0.15) is 28.7 Å². The van der Waals surface area contributed by atoms with Gasteiger partial charge in [0.2, 0.25) is 0 Å². The summed E-state index contributed by atoms with van der Waals surface area (Å²) in [6.45, 7) is 8.12. The minimum atomic E-state index is -0.0983. The third kappa shape index (κ3) is 4.48. The molecule has 3 rings (SSSR count). The summed E-state index contributed by atoms with van der Waals surface area (Å²) >= 11 is 1.55. The summed E-state index contributed by atoms with van der Waals surface area (Å²) in [5.41, 5.74) is 3.55. The van der Waals surface area contributed by atoms with Crippen LogP contribution in [0.3, 0.4) is 0 Å². The van der Waals surface area contributed by atoms with Crippen LogP contribution in [0.25, 0.3) is 10.2 Å². The second-order valence-electron chi connectivity index (χ2n) is 6.66. The molecule has 8 heteroatoms. The molecule has 0 aliphatic carbocycles. The average molecular weight is 408 g/mol. The van der Waals surface area contributed by atoms with Gasteiger partial charge < -0.3 is 4.90 Å². The van der Waals surface area contributed by atoms with Crippen LogP contribution in [0.15, 0.2) is 24.3 Å². The monoisotopic (exact) mass is 407 g/mol. The van der Waals surface area contributed by atoms with E-state index in [0.29, 0.717) is 12.2 Å². The van der Waals surface area contributed by atoms with E-state index in [0.717, 1.165) is 39.7 Å². The summed E-state index contributed by atoms with van der Waals surface area (Å²) in [5.74, 6) is -0.0983. The van der Waals surface area contributed by atoms with Crippen molar-refractivity contribution in [2.75, 3.05) is 32.1 Å². The van der Waals surface area contributed by atoms with Gasteiger partial charge >= 0.3 is 0 Å². The van der Waals surface area contributed by atoms with Crippen molar-refractivity contribution >= 4 is 45.0 Å². The molecule has 1 amide bonds. The van der Waals surface area contributed by atoms with Crippen LogP contribution < -0.4 is 4.90 Å². The predicted molar refractivity (Wildman–Crippen MR) is 114 cm³/mol. The summed E-state index contributed by atoms with van der Waals surface area (Å²) in [7, 11) is 4.00. The van der Waals surface area contributed by atoms with Gasteiger partial charge in [-0.15, -0.1) is 12.4 Å². The fourth-order valence-corrected chi connectivity index (χ4v) is 3.91. The van der Waals surface area contributed by atoms with E-state index in [-0.39, 0.29) is 18.3 Å². The highest BCUT2D eigenvalue weighted by Gasteiger charge is 2.24. The maximum Gasteiger partial charge on any atom is 0.280 e. The standard InChI is InChI=1S/C19H25N5OS.ClH/c1-6-24-14(3)12-15(21-24)18(25)23(11-10-22(4)5)19-20-17-13(2)8-7-9-16(17)26-19;/h7-9,12H,6,10-11H2,1-5H3;1H. The number of hydrogen-bond acceptors (Lipinski definition) is 5. The third-order valence-corrected chi connectivity index (χ3v) is 5.40. The van der Waals surface area contributed by atoms with Gasteiger partial charge in [0.05, 0.1) is 10.2 Å². The molecule has 3 aromatic rings. The molecule has 0 saturated heterocycles. The Morgan fingerprint density at radius 1 is 1.22 bits per heavy atom. The second kappa shape index (κ2) is 8.82. The lowest BCUT2D eigenvalue weighted by Gasteiger charge is -2.21. The molecule has 27 heavy (non-hydrogen) atoms. The highest BCUT2D eigenvalue weighted by molar-refractivity contribution is 7.22. The number of carbonyl (C=O) groups excluding carboxylic acids is 1. The van der Waals surface area contributed by atoms with Crippen molar-refractivity contribution in [3.05, 3.63) is 41.2 Å². The van der Waals surface area contributed by atoms with Crippen molar-refractivity contribution in [1.82, 2.24) is 19.7 Å². The first-order chi connectivity index (χ1) is 12.4. The molecular formula is C19H26ClN5OS. The smallest absolute Gasteiger partial charge is 0.280 e. The zero-order chi connectivity index (χ0) is 18.8.